The largest absolute Gasteiger partial charge is 0.486 e. The van der Waals surface area contributed by atoms with Crippen molar-refractivity contribution in [3.05, 3.63) is 57.6 Å². The maximum Gasteiger partial charge on any atom is 0.416 e. The molecular weight excluding hydrogens is 467 g/mol. The molecule has 11 heteroatoms. The Morgan fingerprint density at radius 3 is 2.46 bits per heavy atom. The number of anilines is 1. The number of nitrogens with zero attached hydrogens (tertiary/aromatic N) is 2. The molecule has 8 nitrogen and oxygen atoms in total. The van der Waals surface area contributed by atoms with E-state index in [-0.39, 0.29) is 23.6 Å². The van der Waals surface area contributed by atoms with Gasteiger partial charge in [0.25, 0.3) is 5.69 Å². The quantitative estimate of drug-likeness (QED) is 0.456. The molecule has 1 unspecified atom stereocenters. The second kappa shape index (κ2) is 10.0. The molecule has 0 aromatic heterocycles. The van der Waals surface area contributed by atoms with E-state index in [0.29, 0.717) is 63.1 Å². The van der Waals surface area contributed by atoms with Gasteiger partial charge in [-0.1, -0.05) is 13.0 Å². The third-order valence-corrected chi connectivity index (χ3v) is 6.40. The molecule has 2 aliphatic heterocycles. The number of ether oxygens (including phenoxy) is 2. The Kier molecular flexibility index (Phi) is 7.04. The topological polar surface area (TPSA) is 93.9 Å². The minimum Gasteiger partial charge on any atom is -0.486 e. The number of benzene rings is 2. The highest BCUT2D eigenvalue weighted by atomic mass is 19.4. The van der Waals surface area contributed by atoms with Crippen molar-refractivity contribution in [3.8, 4) is 11.5 Å². The van der Waals surface area contributed by atoms with E-state index in [1.165, 1.54) is 0 Å². The standard InChI is InChI=1S/C24H26F3N3O5/c1-2-18(16-3-6-21-22(13-16)35-12-11-34-21)28-23(31)15-7-9-29(10-8-15)19-5-4-17(24(25,26)27)14-20(19)30(32)33/h3-6,13-15,18H,2,7-12H2,1H3,(H,28,31). The molecule has 2 aliphatic rings. The summed E-state index contributed by atoms with van der Waals surface area (Å²) in [5.41, 5.74) is -0.619. The molecule has 1 fully saturated rings. The van der Waals surface area contributed by atoms with Crippen LogP contribution in [0.4, 0.5) is 24.5 Å². The first-order chi connectivity index (χ1) is 16.7. The van der Waals surface area contributed by atoms with Crippen molar-refractivity contribution < 1.29 is 32.4 Å². The Hall–Kier alpha value is -3.50. The lowest BCUT2D eigenvalue weighted by molar-refractivity contribution is -0.384. The summed E-state index contributed by atoms with van der Waals surface area (Å²) < 4.78 is 50.2. The van der Waals surface area contributed by atoms with Gasteiger partial charge in [0.2, 0.25) is 5.91 Å². The fraction of sp³-hybridized carbons (Fsp3) is 0.458. The third kappa shape index (κ3) is 5.44. The lowest BCUT2D eigenvalue weighted by Crippen LogP contribution is -2.41. The lowest BCUT2D eigenvalue weighted by Gasteiger charge is -2.33. The van der Waals surface area contributed by atoms with E-state index in [0.717, 1.165) is 17.7 Å². The summed E-state index contributed by atoms with van der Waals surface area (Å²) in [5.74, 6) is 0.901. The first-order valence-electron chi connectivity index (χ1n) is 11.5. The van der Waals surface area contributed by atoms with Crippen LogP contribution in [0.3, 0.4) is 0 Å². The SMILES string of the molecule is CCC(NC(=O)C1CCN(c2ccc(C(F)(F)F)cc2[N+](=O)[O-])CC1)c1ccc2c(c1)OCCO2. The van der Waals surface area contributed by atoms with Crippen molar-refractivity contribution in [3.63, 3.8) is 0 Å². The van der Waals surface area contributed by atoms with E-state index in [1.54, 1.807) is 4.90 Å². The third-order valence-electron chi connectivity index (χ3n) is 6.40. The van der Waals surface area contributed by atoms with Gasteiger partial charge in [-0.2, -0.15) is 13.2 Å². The van der Waals surface area contributed by atoms with E-state index in [9.17, 15) is 28.1 Å². The highest BCUT2D eigenvalue weighted by Gasteiger charge is 2.35. The Bertz CT molecular complexity index is 1100. The Labute approximate surface area is 200 Å². The maximum atomic E-state index is 13.0. The number of nitro groups is 1. The second-order valence-electron chi connectivity index (χ2n) is 8.59. The number of carbonyl (C=O) groups excluding carboxylic acids is 1. The van der Waals surface area contributed by atoms with Gasteiger partial charge in [-0.05, 0) is 49.1 Å². The van der Waals surface area contributed by atoms with Gasteiger partial charge < -0.3 is 19.7 Å². The van der Waals surface area contributed by atoms with Crippen LogP contribution in [0, 0.1) is 16.0 Å². The fourth-order valence-electron chi connectivity index (χ4n) is 4.48. The number of hydrogen-bond acceptors (Lipinski definition) is 6. The predicted octanol–water partition coefficient (Wildman–Crippen LogP) is 4.87. The summed E-state index contributed by atoms with van der Waals surface area (Å²) in [4.78, 5) is 25.3. The summed E-state index contributed by atoms with van der Waals surface area (Å²) in [5, 5.41) is 14.5. The number of nitrogens with one attached hydrogen (secondary N) is 1. The number of halogens is 3. The van der Waals surface area contributed by atoms with E-state index < -0.39 is 22.4 Å². The Morgan fingerprint density at radius 1 is 1.14 bits per heavy atom. The van der Waals surface area contributed by atoms with E-state index in [2.05, 4.69) is 5.32 Å². The molecule has 0 aliphatic carbocycles. The van der Waals surface area contributed by atoms with Crippen molar-refractivity contribution in [1.82, 2.24) is 5.32 Å². The number of fused-ring (bicyclic) bond motifs is 1. The Morgan fingerprint density at radius 2 is 1.83 bits per heavy atom. The molecule has 4 rings (SSSR count). The average molecular weight is 493 g/mol. The van der Waals surface area contributed by atoms with Crippen LogP contribution >= 0.6 is 0 Å². The van der Waals surface area contributed by atoms with Crippen LogP contribution in [0.2, 0.25) is 0 Å². The minimum atomic E-state index is -4.67. The number of hydrogen-bond donors (Lipinski definition) is 1. The fourth-order valence-corrected chi connectivity index (χ4v) is 4.48. The van der Waals surface area contributed by atoms with E-state index in [4.69, 9.17) is 9.47 Å². The van der Waals surface area contributed by atoms with Crippen molar-refractivity contribution in [1.29, 1.82) is 0 Å². The van der Waals surface area contributed by atoms with Gasteiger partial charge in [-0.3, -0.25) is 14.9 Å². The summed E-state index contributed by atoms with van der Waals surface area (Å²) in [6, 6.07) is 7.93. The van der Waals surface area contributed by atoms with Crippen molar-refractivity contribution in [2.24, 2.45) is 5.92 Å². The summed E-state index contributed by atoms with van der Waals surface area (Å²) in [7, 11) is 0. The molecule has 35 heavy (non-hydrogen) atoms. The number of nitro benzene ring substituents is 1. The van der Waals surface area contributed by atoms with Crippen LogP contribution in [0.5, 0.6) is 11.5 Å². The molecule has 0 saturated carbocycles. The molecule has 0 spiro atoms. The smallest absolute Gasteiger partial charge is 0.416 e. The second-order valence-corrected chi connectivity index (χ2v) is 8.59. The number of alkyl halides is 3. The molecule has 1 saturated heterocycles. The number of piperidine rings is 1. The molecule has 1 atom stereocenters. The summed E-state index contributed by atoms with van der Waals surface area (Å²) in [6.45, 7) is 3.58. The van der Waals surface area contributed by atoms with Crippen LogP contribution in [-0.2, 0) is 11.0 Å². The first kappa shape index (κ1) is 24.6. The number of carbonyl (C=O) groups is 1. The number of rotatable bonds is 6. The van der Waals surface area contributed by atoms with E-state index in [1.807, 2.05) is 25.1 Å². The predicted molar refractivity (Wildman–Crippen MR) is 122 cm³/mol. The molecule has 1 N–H and O–H groups in total. The molecule has 2 aromatic rings. The maximum absolute atomic E-state index is 13.0. The molecular formula is C24H26F3N3O5. The average Bonchev–Trinajstić information content (AvgIpc) is 2.86. The summed E-state index contributed by atoms with van der Waals surface area (Å²) in [6.07, 6.45) is -3.13. The van der Waals surface area contributed by atoms with Gasteiger partial charge in [0.05, 0.1) is 16.5 Å². The highest BCUT2D eigenvalue weighted by molar-refractivity contribution is 5.79. The van der Waals surface area contributed by atoms with Crippen LogP contribution < -0.4 is 19.7 Å². The van der Waals surface area contributed by atoms with Crippen LogP contribution in [0.15, 0.2) is 36.4 Å². The normalized spacial score (nSPS) is 17.1. The van der Waals surface area contributed by atoms with Crippen LogP contribution in [0.1, 0.15) is 43.4 Å². The van der Waals surface area contributed by atoms with Gasteiger partial charge in [0, 0.05) is 25.1 Å². The lowest BCUT2D eigenvalue weighted by atomic mass is 9.94. The monoisotopic (exact) mass is 493 g/mol. The van der Waals surface area contributed by atoms with Crippen LogP contribution in [-0.4, -0.2) is 37.1 Å². The van der Waals surface area contributed by atoms with Crippen molar-refractivity contribution >= 4 is 17.3 Å². The van der Waals surface area contributed by atoms with Gasteiger partial charge >= 0.3 is 6.18 Å². The van der Waals surface area contributed by atoms with Gasteiger partial charge in [-0.15, -0.1) is 0 Å². The van der Waals surface area contributed by atoms with Crippen LogP contribution in [0.25, 0.3) is 0 Å². The summed E-state index contributed by atoms with van der Waals surface area (Å²) >= 11 is 0. The highest BCUT2D eigenvalue weighted by Crippen LogP contribution is 2.38. The zero-order valence-corrected chi connectivity index (χ0v) is 19.1. The molecule has 0 bridgehead atoms. The van der Waals surface area contributed by atoms with E-state index >= 15 is 0 Å². The zero-order valence-electron chi connectivity index (χ0n) is 19.1. The zero-order chi connectivity index (χ0) is 25.2. The van der Waals surface area contributed by atoms with Gasteiger partial charge in [0.1, 0.15) is 18.9 Å². The molecule has 0 radical (unpaired) electrons. The Balaban J connectivity index is 1.40. The van der Waals surface area contributed by atoms with Gasteiger partial charge in [0.15, 0.2) is 11.5 Å². The van der Waals surface area contributed by atoms with Crippen molar-refractivity contribution in [2.45, 2.75) is 38.4 Å². The molecule has 188 valence electrons. The molecule has 1 amide bonds. The minimum absolute atomic E-state index is 0.117. The van der Waals surface area contributed by atoms with Crippen molar-refractivity contribution in [2.75, 3.05) is 31.2 Å². The van der Waals surface area contributed by atoms with Gasteiger partial charge in [-0.25, -0.2) is 0 Å². The molecule has 2 aromatic carbocycles. The first-order valence-corrected chi connectivity index (χ1v) is 11.5. The molecule has 2 heterocycles. The number of amides is 1.